The van der Waals surface area contributed by atoms with E-state index >= 15 is 0 Å². The third kappa shape index (κ3) is 2.94. The maximum Gasteiger partial charge on any atom is 0.0396 e. The fraction of sp³-hybridized carbons (Fsp3) is 0.500. The molecule has 0 saturated heterocycles. The van der Waals surface area contributed by atoms with Crippen LogP contribution in [0.3, 0.4) is 0 Å². The van der Waals surface area contributed by atoms with Gasteiger partial charge in [0.1, 0.15) is 0 Å². The van der Waals surface area contributed by atoms with Gasteiger partial charge in [-0.05, 0) is 49.6 Å². The van der Waals surface area contributed by atoms with Crippen molar-refractivity contribution in [3.05, 3.63) is 34.9 Å². The number of rotatable bonds is 4. The van der Waals surface area contributed by atoms with Gasteiger partial charge in [0.2, 0.25) is 0 Å². The predicted molar refractivity (Wildman–Crippen MR) is 80.2 cm³/mol. The molecule has 1 aliphatic rings. The summed E-state index contributed by atoms with van der Waals surface area (Å²) in [6, 6.07) is 6.87. The van der Waals surface area contributed by atoms with Crippen LogP contribution in [-0.2, 0) is 6.42 Å². The van der Waals surface area contributed by atoms with Crippen molar-refractivity contribution in [2.75, 3.05) is 32.1 Å². The minimum absolute atomic E-state index is 0.980. The molecule has 0 aliphatic carbocycles. The van der Waals surface area contributed by atoms with Crippen molar-refractivity contribution >= 4 is 11.8 Å². The quantitative estimate of drug-likeness (QED) is 0.875. The van der Waals surface area contributed by atoms with E-state index in [0.717, 1.165) is 13.0 Å². The molecule has 0 atom stereocenters. The number of nitrogens with one attached hydrogen (secondary N) is 1. The van der Waals surface area contributed by atoms with Gasteiger partial charge in [0.25, 0.3) is 0 Å². The largest absolute Gasteiger partial charge is 0.374 e. The lowest BCUT2D eigenvalue weighted by molar-refractivity contribution is 0.744. The Hall–Kier alpha value is -1.28. The van der Waals surface area contributed by atoms with Gasteiger partial charge >= 0.3 is 0 Å². The van der Waals surface area contributed by atoms with Gasteiger partial charge in [-0.2, -0.15) is 0 Å². The number of nitrogens with zero attached hydrogens (tertiary/aromatic N) is 1. The summed E-state index contributed by atoms with van der Waals surface area (Å²) in [7, 11) is 4.19. The first kappa shape index (κ1) is 13.2. The molecule has 2 rings (SSSR count). The number of hydrogen-bond donors (Lipinski definition) is 1. The molecular weight excluding hydrogens is 220 g/mol. The van der Waals surface area contributed by atoms with E-state index in [-0.39, 0.29) is 0 Å². The van der Waals surface area contributed by atoms with Gasteiger partial charge in [0, 0.05) is 25.8 Å². The predicted octanol–water partition coefficient (Wildman–Crippen LogP) is 3.08. The molecule has 2 nitrogen and oxygen atoms in total. The second kappa shape index (κ2) is 6.05. The minimum atomic E-state index is 0.980. The first-order valence-electron chi connectivity index (χ1n) is 6.92. The van der Waals surface area contributed by atoms with Crippen molar-refractivity contribution < 1.29 is 0 Å². The summed E-state index contributed by atoms with van der Waals surface area (Å²) >= 11 is 0. The third-order valence-corrected chi connectivity index (χ3v) is 3.68. The Morgan fingerprint density at radius 1 is 1.44 bits per heavy atom. The average molecular weight is 244 g/mol. The number of aryl methyl sites for hydroxylation is 1. The lowest BCUT2D eigenvalue weighted by atomic mass is 9.98. The summed E-state index contributed by atoms with van der Waals surface area (Å²) in [5, 5.41) is 3.23. The molecule has 0 aromatic heterocycles. The van der Waals surface area contributed by atoms with E-state index in [1.807, 2.05) is 7.05 Å². The first-order valence-corrected chi connectivity index (χ1v) is 6.92. The zero-order chi connectivity index (χ0) is 13.0. The van der Waals surface area contributed by atoms with Crippen molar-refractivity contribution in [2.24, 2.45) is 0 Å². The lowest BCUT2D eigenvalue weighted by Gasteiger charge is -2.27. The highest BCUT2D eigenvalue weighted by atomic mass is 15.1. The molecule has 0 saturated carbocycles. The van der Waals surface area contributed by atoms with E-state index in [0.29, 0.717) is 0 Å². The summed E-state index contributed by atoms with van der Waals surface area (Å²) < 4.78 is 0. The van der Waals surface area contributed by atoms with Gasteiger partial charge in [-0.1, -0.05) is 24.6 Å². The molecule has 0 unspecified atom stereocenters. The average Bonchev–Trinajstić information content (AvgIpc) is 2.38. The highest BCUT2D eigenvalue weighted by Crippen LogP contribution is 2.27. The number of fused-ring (bicyclic) bond motifs is 1. The number of anilines is 1. The Balaban J connectivity index is 2.25. The molecule has 0 amide bonds. The monoisotopic (exact) mass is 244 g/mol. The Labute approximate surface area is 111 Å². The highest BCUT2D eigenvalue weighted by Gasteiger charge is 2.13. The van der Waals surface area contributed by atoms with Crippen LogP contribution in [0.2, 0.25) is 0 Å². The van der Waals surface area contributed by atoms with Gasteiger partial charge in [-0.15, -0.1) is 0 Å². The maximum absolute atomic E-state index is 3.23. The second-order valence-corrected chi connectivity index (χ2v) is 5.10. The van der Waals surface area contributed by atoms with Crippen LogP contribution in [0.15, 0.2) is 23.8 Å². The topological polar surface area (TPSA) is 15.3 Å². The standard InChI is InChI=1S/C16H24N2/c1-4-13(12-17-2)10-14-7-8-16-15(11-14)6-5-9-18(16)3/h7-8,10-11,17H,4-6,9,12H2,1-3H3. The normalized spacial score (nSPS) is 15.7. The molecule has 1 aromatic rings. The van der Waals surface area contributed by atoms with Gasteiger partial charge in [-0.3, -0.25) is 0 Å². The molecule has 98 valence electrons. The zero-order valence-electron chi connectivity index (χ0n) is 11.8. The maximum atomic E-state index is 3.23. The number of hydrogen-bond acceptors (Lipinski definition) is 2. The highest BCUT2D eigenvalue weighted by molar-refractivity contribution is 5.63. The Morgan fingerprint density at radius 3 is 3.00 bits per heavy atom. The van der Waals surface area contributed by atoms with Crippen LogP contribution < -0.4 is 10.2 Å². The summed E-state index contributed by atoms with van der Waals surface area (Å²) in [4.78, 5) is 2.36. The fourth-order valence-electron chi connectivity index (χ4n) is 2.64. The molecule has 1 N–H and O–H groups in total. The number of benzene rings is 1. The van der Waals surface area contributed by atoms with Crippen molar-refractivity contribution in [3.63, 3.8) is 0 Å². The molecule has 2 heteroatoms. The van der Waals surface area contributed by atoms with E-state index in [1.165, 1.54) is 41.8 Å². The molecule has 1 aliphatic heterocycles. The smallest absolute Gasteiger partial charge is 0.0396 e. The second-order valence-electron chi connectivity index (χ2n) is 5.10. The summed E-state index contributed by atoms with van der Waals surface area (Å²) in [5.74, 6) is 0. The molecule has 0 spiro atoms. The minimum Gasteiger partial charge on any atom is -0.374 e. The van der Waals surface area contributed by atoms with Crippen LogP contribution in [0.5, 0.6) is 0 Å². The van der Waals surface area contributed by atoms with E-state index in [4.69, 9.17) is 0 Å². The third-order valence-electron chi connectivity index (χ3n) is 3.68. The molecule has 0 radical (unpaired) electrons. The van der Waals surface area contributed by atoms with E-state index < -0.39 is 0 Å². The van der Waals surface area contributed by atoms with Gasteiger partial charge in [0.05, 0.1) is 0 Å². The molecule has 0 fully saturated rings. The summed E-state index contributed by atoms with van der Waals surface area (Å²) in [6.07, 6.45) is 5.92. The molecule has 1 aromatic carbocycles. The summed E-state index contributed by atoms with van der Waals surface area (Å²) in [5.41, 5.74) is 5.71. The van der Waals surface area contributed by atoms with Crippen LogP contribution in [0.1, 0.15) is 30.9 Å². The summed E-state index contributed by atoms with van der Waals surface area (Å²) in [6.45, 7) is 4.38. The van der Waals surface area contributed by atoms with Crippen LogP contribution in [0.25, 0.3) is 6.08 Å². The van der Waals surface area contributed by atoms with Gasteiger partial charge < -0.3 is 10.2 Å². The van der Waals surface area contributed by atoms with Crippen molar-refractivity contribution in [1.82, 2.24) is 5.32 Å². The van der Waals surface area contributed by atoms with E-state index in [2.05, 4.69) is 48.5 Å². The van der Waals surface area contributed by atoms with E-state index in [9.17, 15) is 0 Å². The Bertz CT molecular complexity index is 435. The van der Waals surface area contributed by atoms with Gasteiger partial charge in [0.15, 0.2) is 0 Å². The lowest BCUT2D eigenvalue weighted by Crippen LogP contribution is -2.24. The Morgan fingerprint density at radius 2 is 2.28 bits per heavy atom. The molecule has 1 heterocycles. The Kier molecular flexibility index (Phi) is 4.43. The van der Waals surface area contributed by atoms with E-state index in [1.54, 1.807) is 0 Å². The van der Waals surface area contributed by atoms with Crippen LogP contribution in [0.4, 0.5) is 5.69 Å². The zero-order valence-corrected chi connectivity index (χ0v) is 11.8. The van der Waals surface area contributed by atoms with Crippen LogP contribution >= 0.6 is 0 Å². The SMILES string of the molecule is CCC(=Cc1ccc2c(c1)CCCN2C)CNC. The molecular formula is C16H24N2. The van der Waals surface area contributed by atoms with Crippen LogP contribution in [-0.4, -0.2) is 27.2 Å². The van der Waals surface area contributed by atoms with Gasteiger partial charge in [-0.25, -0.2) is 0 Å². The molecule has 0 bridgehead atoms. The first-order chi connectivity index (χ1) is 8.74. The van der Waals surface area contributed by atoms with Crippen molar-refractivity contribution in [3.8, 4) is 0 Å². The van der Waals surface area contributed by atoms with Crippen LogP contribution in [0, 0.1) is 0 Å². The fourth-order valence-corrected chi connectivity index (χ4v) is 2.64. The molecule has 18 heavy (non-hydrogen) atoms. The number of likely N-dealkylation sites (N-methyl/N-ethyl adjacent to an activating group) is 1. The van der Waals surface area contributed by atoms with Crippen molar-refractivity contribution in [2.45, 2.75) is 26.2 Å². The van der Waals surface area contributed by atoms with Crippen molar-refractivity contribution in [1.29, 1.82) is 0 Å².